The lowest BCUT2D eigenvalue weighted by Gasteiger charge is -2.21. The van der Waals surface area contributed by atoms with Crippen molar-refractivity contribution in [1.29, 1.82) is 0 Å². The van der Waals surface area contributed by atoms with Crippen LogP contribution in [0.15, 0.2) is 42.5 Å². The number of para-hydroxylation sites is 1. The van der Waals surface area contributed by atoms with E-state index in [1.165, 1.54) is 6.07 Å². The summed E-state index contributed by atoms with van der Waals surface area (Å²) in [6, 6.07) is 13.1. The molecule has 0 saturated heterocycles. The van der Waals surface area contributed by atoms with Crippen LogP contribution in [0.5, 0.6) is 5.75 Å². The van der Waals surface area contributed by atoms with Gasteiger partial charge in [0.25, 0.3) is 0 Å². The maximum absolute atomic E-state index is 13.9. The molecule has 1 unspecified atom stereocenters. The van der Waals surface area contributed by atoms with Crippen molar-refractivity contribution in [3.63, 3.8) is 0 Å². The van der Waals surface area contributed by atoms with E-state index >= 15 is 0 Å². The van der Waals surface area contributed by atoms with Crippen molar-refractivity contribution in [1.82, 2.24) is 0 Å². The van der Waals surface area contributed by atoms with E-state index < -0.39 is 0 Å². The molecule has 20 heavy (non-hydrogen) atoms. The third kappa shape index (κ3) is 3.10. The zero-order valence-electron chi connectivity index (χ0n) is 12.1. The second kappa shape index (κ2) is 6.42. The smallest absolute Gasteiger partial charge is 0.146 e. The number of hydrogen-bond acceptors (Lipinski definition) is 2. The molecule has 0 heterocycles. The molecule has 2 aromatic rings. The molecule has 2 aromatic carbocycles. The minimum absolute atomic E-state index is 0.0801. The molecular weight excluding hydrogens is 253 g/mol. The quantitative estimate of drug-likeness (QED) is 0.852. The fourth-order valence-electron chi connectivity index (χ4n) is 2.25. The Hall–Kier alpha value is -2.03. The number of hydrogen-bond donors (Lipinski definition) is 1. The Balaban J connectivity index is 2.24. The van der Waals surface area contributed by atoms with Crippen molar-refractivity contribution < 1.29 is 9.13 Å². The van der Waals surface area contributed by atoms with E-state index in [-0.39, 0.29) is 11.9 Å². The first-order chi connectivity index (χ1) is 9.65. The van der Waals surface area contributed by atoms with Gasteiger partial charge >= 0.3 is 0 Å². The van der Waals surface area contributed by atoms with E-state index in [9.17, 15) is 4.39 Å². The van der Waals surface area contributed by atoms with E-state index in [0.29, 0.717) is 5.69 Å². The van der Waals surface area contributed by atoms with Gasteiger partial charge in [0, 0.05) is 0 Å². The highest BCUT2D eigenvalue weighted by Crippen LogP contribution is 2.27. The predicted octanol–water partition coefficient (Wildman–Crippen LogP) is 4.71. The van der Waals surface area contributed by atoms with Crippen LogP contribution in [0.3, 0.4) is 0 Å². The van der Waals surface area contributed by atoms with Crippen LogP contribution >= 0.6 is 0 Å². The summed E-state index contributed by atoms with van der Waals surface area (Å²) < 4.78 is 19.1. The number of nitrogens with one attached hydrogen (secondary N) is 1. The summed E-state index contributed by atoms with van der Waals surface area (Å²) in [7, 11) is 1.65. The van der Waals surface area contributed by atoms with E-state index in [2.05, 4.69) is 12.2 Å². The van der Waals surface area contributed by atoms with Gasteiger partial charge in [-0.05, 0) is 42.7 Å². The minimum atomic E-state index is -0.211. The normalized spacial score (nSPS) is 12.0. The minimum Gasteiger partial charge on any atom is -0.497 e. The van der Waals surface area contributed by atoms with Crippen LogP contribution in [-0.4, -0.2) is 7.11 Å². The maximum Gasteiger partial charge on any atom is 0.146 e. The van der Waals surface area contributed by atoms with E-state index in [1.807, 2.05) is 37.3 Å². The van der Waals surface area contributed by atoms with Crippen molar-refractivity contribution in [3.05, 3.63) is 59.4 Å². The van der Waals surface area contributed by atoms with Gasteiger partial charge in [-0.1, -0.05) is 31.2 Å². The monoisotopic (exact) mass is 273 g/mol. The van der Waals surface area contributed by atoms with Crippen LogP contribution < -0.4 is 10.1 Å². The van der Waals surface area contributed by atoms with Gasteiger partial charge in [0.1, 0.15) is 11.6 Å². The first-order valence-corrected chi connectivity index (χ1v) is 6.81. The Morgan fingerprint density at radius 2 is 1.85 bits per heavy atom. The fraction of sp³-hybridized carbons (Fsp3) is 0.294. The standard InChI is InChI=1S/C17H20FNO/c1-4-16(13-8-10-14(20-3)11-9-13)19-17-12(2)6-5-7-15(17)18/h5-11,16,19H,4H2,1-3H3. The highest BCUT2D eigenvalue weighted by molar-refractivity contribution is 5.53. The van der Waals surface area contributed by atoms with Crippen LogP contribution in [0.1, 0.15) is 30.5 Å². The van der Waals surface area contributed by atoms with Gasteiger partial charge in [-0.2, -0.15) is 0 Å². The lowest BCUT2D eigenvalue weighted by molar-refractivity contribution is 0.414. The van der Waals surface area contributed by atoms with E-state index in [1.54, 1.807) is 13.2 Å². The first kappa shape index (κ1) is 14.4. The largest absolute Gasteiger partial charge is 0.497 e. The number of aryl methyl sites for hydroxylation is 1. The van der Waals surface area contributed by atoms with E-state index in [4.69, 9.17) is 4.74 Å². The Morgan fingerprint density at radius 3 is 2.40 bits per heavy atom. The van der Waals surface area contributed by atoms with Gasteiger partial charge in [0.05, 0.1) is 18.8 Å². The molecule has 0 bridgehead atoms. The molecule has 1 N–H and O–H groups in total. The molecule has 0 aliphatic carbocycles. The number of methoxy groups -OCH3 is 1. The molecule has 0 aliphatic heterocycles. The summed E-state index contributed by atoms with van der Waals surface area (Å²) in [5, 5.41) is 3.30. The van der Waals surface area contributed by atoms with Gasteiger partial charge < -0.3 is 10.1 Å². The van der Waals surface area contributed by atoms with E-state index in [0.717, 1.165) is 23.3 Å². The number of halogens is 1. The molecule has 0 saturated carbocycles. The summed E-state index contributed by atoms with van der Waals surface area (Å²) in [6.07, 6.45) is 0.875. The molecule has 106 valence electrons. The summed E-state index contributed by atoms with van der Waals surface area (Å²) in [6.45, 7) is 3.99. The SMILES string of the molecule is CCC(Nc1c(C)cccc1F)c1ccc(OC)cc1. The third-order valence-corrected chi connectivity index (χ3v) is 3.47. The van der Waals surface area contributed by atoms with Gasteiger partial charge in [-0.3, -0.25) is 0 Å². The van der Waals surface area contributed by atoms with Crippen LogP contribution in [0, 0.1) is 12.7 Å². The molecular formula is C17H20FNO. The molecule has 0 fully saturated rings. The van der Waals surface area contributed by atoms with Gasteiger partial charge in [0.15, 0.2) is 0 Å². The highest BCUT2D eigenvalue weighted by Gasteiger charge is 2.13. The molecule has 0 radical (unpaired) electrons. The molecule has 1 atom stereocenters. The maximum atomic E-state index is 13.9. The number of benzene rings is 2. The lowest BCUT2D eigenvalue weighted by Crippen LogP contribution is -2.11. The van der Waals surface area contributed by atoms with Gasteiger partial charge in [-0.25, -0.2) is 4.39 Å². The van der Waals surface area contributed by atoms with Gasteiger partial charge in [-0.15, -0.1) is 0 Å². The second-order valence-electron chi connectivity index (χ2n) is 4.81. The second-order valence-corrected chi connectivity index (χ2v) is 4.81. The highest BCUT2D eigenvalue weighted by atomic mass is 19.1. The zero-order valence-corrected chi connectivity index (χ0v) is 12.1. The van der Waals surface area contributed by atoms with Crippen molar-refractivity contribution in [2.45, 2.75) is 26.3 Å². The molecule has 0 aliphatic rings. The van der Waals surface area contributed by atoms with Crippen LogP contribution in [-0.2, 0) is 0 Å². The van der Waals surface area contributed by atoms with Crippen molar-refractivity contribution in [3.8, 4) is 5.75 Å². The zero-order chi connectivity index (χ0) is 14.5. The Labute approximate surface area is 119 Å². The Morgan fingerprint density at radius 1 is 1.15 bits per heavy atom. The predicted molar refractivity (Wildman–Crippen MR) is 80.8 cm³/mol. The number of anilines is 1. The Bertz CT molecular complexity index is 545. The molecule has 2 nitrogen and oxygen atoms in total. The van der Waals surface area contributed by atoms with Gasteiger partial charge in [0.2, 0.25) is 0 Å². The van der Waals surface area contributed by atoms with Crippen molar-refractivity contribution >= 4 is 5.69 Å². The molecule has 0 aromatic heterocycles. The molecule has 0 spiro atoms. The number of ether oxygens (including phenoxy) is 1. The lowest BCUT2D eigenvalue weighted by atomic mass is 10.0. The molecule has 2 rings (SSSR count). The average molecular weight is 273 g/mol. The average Bonchev–Trinajstić information content (AvgIpc) is 2.47. The molecule has 3 heteroatoms. The van der Waals surface area contributed by atoms with Crippen LogP contribution in [0.2, 0.25) is 0 Å². The van der Waals surface area contributed by atoms with Crippen LogP contribution in [0.4, 0.5) is 10.1 Å². The summed E-state index contributed by atoms with van der Waals surface area (Å²) in [5.41, 5.74) is 2.61. The summed E-state index contributed by atoms with van der Waals surface area (Å²) in [4.78, 5) is 0. The number of rotatable bonds is 5. The van der Waals surface area contributed by atoms with Crippen LogP contribution in [0.25, 0.3) is 0 Å². The Kier molecular flexibility index (Phi) is 4.61. The topological polar surface area (TPSA) is 21.3 Å². The third-order valence-electron chi connectivity index (χ3n) is 3.47. The van der Waals surface area contributed by atoms with Crippen molar-refractivity contribution in [2.24, 2.45) is 0 Å². The fourth-order valence-corrected chi connectivity index (χ4v) is 2.25. The summed E-state index contributed by atoms with van der Waals surface area (Å²) in [5.74, 6) is 0.614. The summed E-state index contributed by atoms with van der Waals surface area (Å²) >= 11 is 0. The van der Waals surface area contributed by atoms with Crippen molar-refractivity contribution in [2.75, 3.05) is 12.4 Å². The first-order valence-electron chi connectivity index (χ1n) is 6.81. The molecule has 0 amide bonds.